The number of phenolic OH excluding ortho intramolecular Hbond substituents is 1. The van der Waals surface area contributed by atoms with Crippen molar-refractivity contribution in [2.24, 2.45) is 0 Å². The molecule has 0 atom stereocenters. The van der Waals surface area contributed by atoms with Crippen LogP contribution in [0.2, 0.25) is 0 Å². The van der Waals surface area contributed by atoms with Crippen LogP contribution < -0.4 is 0 Å². The lowest BCUT2D eigenvalue weighted by Crippen LogP contribution is -2.05. The van der Waals surface area contributed by atoms with Crippen molar-refractivity contribution >= 4 is 5.97 Å². The molecule has 1 aromatic carbocycles. The Morgan fingerprint density at radius 1 is 1.62 bits per heavy atom. The number of aromatic hydroxyl groups is 1. The largest absolute Gasteiger partial charge is 0.508 e. The molecule has 0 unspecified atom stereocenters. The molecule has 0 saturated carbocycles. The van der Waals surface area contributed by atoms with Crippen molar-refractivity contribution < 1.29 is 24.2 Å². The summed E-state index contributed by atoms with van der Waals surface area (Å²) in [7, 11) is 0. The van der Waals surface area contributed by atoms with Crippen LogP contribution in [0.1, 0.15) is 33.2 Å². The summed E-state index contributed by atoms with van der Waals surface area (Å²) < 4.78 is 54.5. The molecule has 1 aromatic rings. The molecule has 0 spiro atoms. The Kier molecular flexibility index (Phi) is 1.28. The molecule has 0 heterocycles. The minimum Gasteiger partial charge on any atom is -0.508 e. The zero-order chi connectivity index (χ0) is 15.8. The SMILES string of the molecule is [2H]C([2H])([2H])C([2H])([2H])C([2H])([2H])OC(=O)c1ccc(O)cc1. The molecule has 0 radical (unpaired) electrons. The molecule has 0 amide bonds. The van der Waals surface area contributed by atoms with Gasteiger partial charge >= 0.3 is 5.97 Å². The molecule has 70 valence electrons. The average Bonchev–Trinajstić information content (AvgIpc) is 2.27. The molecule has 0 aliphatic carbocycles. The fourth-order valence-corrected chi connectivity index (χ4v) is 0.728. The number of esters is 1. The van der Waals surface area contributed by atoms with Gasteiger partial charge in [-0.05, 0) is 30.6 Å². The summed E-state index contributed by atoms with van der Waals surface area (Å²) in [5, 5.41) is 9.05. The Balaban J connectivity index is 2.96. The van der Waals surface area contributed by atoms with Crippen LogP contribution in [0.3, 0.4) is 0 Å². The fraction of sp³-hybridized carbons (Fsp3) is 0.300. The molecule has 0 bridgehead atoms. The molecule has 0 aliphatic heterocycles. The first-order valence-corrected chi connectivity index (χ1v) is 3.41. The van der Waals surface area contributed by atoms with Crippen LogP contribution in [-0.4, -0.2) is 17.6 Å². The lowest BCUT2D eigenvalue weighted by atomic mass is 10.2. The maximum atomic E-state index is 11.7. The van der Waals surface area contributed by atoms with Crippen molar-refractivity contribution in [2.75, 3.05) is 6.56 Å². The number of hydrogen-bond acceptors (Lipinski definition) is 3. The maximum absolute atomic E-state index is 11.7. The van der Waals surface area contributed by atoms with E-state index in [9.17, 15) is 4.79 Å². The van der Waals surface area contributed by atoms with Gasteiger partial charge in [0.15, 0.2) is 0 Å². The van der Waals surface area contributed by atoms with Crippen molar-refractivity contribution in [3.63, 3.8) is 0 Å². The van der Waals surface area contributed by atoms with E-state index in [2.05, 4.69) is 4.74 Å². The third kappa shape index (κ3) is 2.78. The van der Waals surface area contributed by atoms with Gasteiger partial charge in [0, 0.05) is 6.85 Å². The predicted molar refractivity (Wildman–Crippen MR) is 48.7 cm³/mol. The lowest BCUT2D eigenvalue weighted by molar-refractivity contribution is 0.0505. The summed E-state index contributed by atoms with van der Waals surface area (Å²) in [6.45, 7) is -6.64. The van der Waals surface area contributed by atoms with Crippen LogP contribution in [-0.2, 0) is 4.74 Å². The molecule has 0 aliphatic rings. The van der Waals surface area contributed by atoms with E-state index >= 15 is 0 Å². The summed E-state index contributed by atoms with van der Waals surface area (Å²) in [5.41, 5.74) is -0.145. The molecule has 1 N–H and O–H groups in total. The summed E-state index contributed by atoms with van der Waals surface area (Å²) in [5.74, 6) is -1.36. The Hall–Kier alpha value is -1.51. The normalized spacial score (nSPS) is 20.8. The molecule has 1 rings (SSSR count). The van der Waals surface area contributed by atoms with E-state index in [-0.39, 0.29) is 11.3 Å². The van der Waals surface area contributed by atoms with Crippen molar-refractivity contribution in [1.82, 2.24) is 0 Å². The second-order valence-electron chi connectivity index (χ2n) is 2.16. The summed E-state index contributed by atoms with van der Waals surface area (Å²) in [6.07, 6.45) is -3.37. The number of carbonyl (C=O) groups is 1. The number of rotatable bonds is 3. The van der Waals surface area contributed by atoms with E-state index < -0.39 is 25.8 Å². The van der Waals surface area contributed by atoms with Gasteiger partial charge in [-0.25, -0.2) is 4.79 Å². The number of benzene rings is 1. The van der Waals surface area contributed by atoms with Crippen LogP contribution in [0.5, 0.6) is 5.75 Å². The molecule has 0 saturated heterocycles. The summed E-state index contributed by atoms with van der Waals surface area (Å²) in [6, 6.07) is 4.59. The number of phenols is 1. The summed E-state index contributed by atoms with van der Waals surface area (Å²) >= 11 is 0. The van der Waals surface area contributed by atoms with Gasteiger partial charge in [0.05, 0.1) is 14.9 Å². The third-order valence-electron chi connectivity index (χ3n) is 1.30. The Bertz CT molecular complexity index is 493. The fourth-order valence-electron chi connectivity index (χ4n) is 0.728. The van der Waals surface area contributed by atoms with E-state index in [4.69, 9.17) is 14.7 Å². The summed E-state index contributed by atoms with van der Waals surface area (Å²) in [4.78, 5) is 11.7. The highest BCUT2D eigenvalue weighted by Gasteiger charge is 2.05. The monoisotopic (exact) mass is 187 g/mol. The van der Waals surface area contributed by atoms with E-state index in [1.165, 1.54) is 0 Å². The van der Waals surface area contributed by atoms with Crippen LogP contribution in [0.15, 0.2) is 24.3 Å². The van der Waals surface area contributed by atoms with Gasteiger partial charge in [0.1, 0.15) is 5.75 Å². The van der Waals surface area contributed by atoms with Crippen LogP contribution in [0, 0.1) is 0 Å². The van der Waals surface area contributed by atoms with Crippen LogP contribution in [0.4, 0.5) is 0 Å². The minimum atomic E-state index is -3.37. The van der Waals surface area contributed by atoms with Gasteiger partial charge < -0.3 is 9.84 Å². The molecule has 0 fully saturated rings. The zero-order valence-corrected chi connectivity index (χ0v) is 6.57. The van der Waals surface area contributed by atoms with E-state index in [1.807, 2.05) is 0 Å². The lowest BCUT2D eigenvalue weighted by Gasteiger charge is -2.02. The second kappa shape index (κ2) is 4.50. The van der Waals surface area contributed by atoms with Crippen molar-refractivity contribution in [3.8, 4) is 5.75 Å². The van der Waals surface area contributed by atoms with Gasteiger partial charge in [0.2, 0.25) is 0 Å². The average molecular weight is 187 g/mol. The van der Waals surface area contributed by atoms with Gasteiger partial charge in [-0.2, -0.15) is 0 Å². The van der Waals surface area contributed by atoms with Crippen molar-refractivity contribution in [1.29, 1.82) is 0 Å². The smallest absolute Gasteiger partial charge is 0.338 e. The Morgan fingerprint density at radius 2 is 2.31 bits per heavy atom. The standard InChI is InChI=1S/C10H12O3/c1-2-7-13-10(12)8-3-5-9(11)6-4-8/h3-6,11H,2,7H2,1H3/i1D3,2D2,7D2. The van der Waals surface area contributed by atoms with Gasteiger partial charge in [0.25, 0.3) is 0 Å². The van der Waals surface area contributed by atoms with Crippen molar-refractivity contribution in [2.45, 2.75) is 13.2 Å². The topological polar surface area (TPSA) is 46.5 Å². The van der Waals surface area contributed by atoms with E-state index in [1.54, 1.807) is 0 Å². The molecule has 3 nitrogen and oxygen atoms in total. The van der Waals surface area contributed by atoms with Crippen LogP contribution >= 0.6 is 0 Å². The molecular weight excluding hydrogens is 168 g/mol. The molecular formula is C10H12O3. The first-order valence-electron chi connectivity index (χ1n) is 6.91. The first kappa shape index (κ1) is 3.70. The van der Waals surface area contributed by atoms with E-state index in [0.29, 0.717) is 0 Å². The van der Waals surface area contributed by atoms with Gasteiger partial charge in [-0.15, -0.1) is 0 Å². The molecule has 13 heavy (non-hydrogen) atoms. The first-order chi connectivity index (χ1) is 8.88. The highest BCUT2D eigenvalue weighted by molar-refractivity contribution is 5.89. The number of hydrogen-bond donors (Lipinski definition) is 1. The maximum Gasteiger partial charge on any atom is 0.338 e. The van der Waals surface area contributed by atoms with Crippen LogP contribution in [0.25, 0.3) is 0 Å². The quantitative estimate of drug-likeness (QED) is 0.736. The highest BCUT2D eigenvalue weighted by atomic mass is 16.5. The predicted octanol–water partition coefficient (Wildman–Crippen LogP) is 1.96. The Morgan fingerprint density at radius 3 is 2.92 bits per heavy atom. The van der Waals surface area contributed by atoms with Gasteiger partial charge in [-0.3, -0.25) is 0 Å². The third-order valence-corrected chi connectivity index (χ3v) is 1.30. The number of carbonyl (C=O) groups excluding carboxylic acids is 1. The minimum absolute atomic E-state index is 0.123. The zero-order valence-electron chi connectivity index (χ0n) is 13.6. The second-order valence-corrected chi connectivity index (χ2v) is 2.16. The van der Waals surface area contributed by atoms with E-state index in [0.717, 1.165) is 24.3 Å². The highest BCUT2D eigenvalue weighted by Crippen LogP contribution is 2.10. The van der Waals surface area contributed by atoms with Crippen molar-refractivity contribution in [3.05, 3.63) is 29.8 Å². The van der Waals surface area contributed by atoms with Gasteiger partial charge in [-0.1, -0.05) is 6.85 Å². The number of ether oxygens (including phenoxy) is 1. The Labute approximate surface area is 86.8 Å². The molecule has 0 aromatic heterocycles. The molecule has 3 heteroatoms.